The van der Waals surface area contributed by atoms with Crippen molar-refractivity contribution in [2.45, 2.75) is 45.6 Å². The number of nitrogens with one attached hydrogen (secondary N) is 1. The normalized spacial score (nSPS) is 31.1. The van der Waals surface area contributed by atoms with E-state index in [9.17, 15) is 0 Å². The molecule has 1 saturated heterocycles. The zero-order chi connectivity index (χ0) is 8.10. The SMILES string of the molecule is CCCC1CNOC1CCC. The predicted molar refractivity (Wildman–Crippen MR) is 46.2 cm³/mol. The second-order valence-electron chi connectivity index (χ2n) is 3.34. The quantitative estimate of drug-likeness (QED) is 0.674. The predicted octanol–water partition coefficient (Wildman–Crippen LogP) is 2.11. The number of hydrogen-bond acceptors (Lipinski definition) is 2. The minimum atomic E-state index is 0.486. The van der Waals surface area contributed by atoms with Gasteiger partial charge >= 0.3 is 0 Å². The maximum absolute atomic E-state index is 5.41. The molecule has 1 N–H and O–H groups in total. The van der Waals surface area contributed by atoms with E-state index < -0.39 is 0 Å². The van der Waals surface area contributed by atoms with Gasteiger partial charge in [0.15, 0.2) is 0 Å². The van der Waals surface area contributed by atoms with Crippen LogP contribution in [0.1, 0.15) is 39.5 Å². The highest BCUT2D eigenvalue weighted by atomic mass is 16.7. The molecule has 0 spiro atoms. The molecule has 0 saturated carbocycles. The van der Waals surface area contributed by atoms with Gasteiger partial charge in [-0.05, 0) is 12.8 Å². The van der Waals surface area contributed by atoms with Crippen molar-refractivity contribution in [1.82, 2.24) is 5.48 Å². The van der Waals surface area contributed by atoms with Crippen molar-refractivity contribution in [3.05, 3.63) is 0 Å². The third kappa shape index (κ3) is 2.46. The zero-order valence-corrected chi connectivity index (χ0v) is 7.60. The summed E-state index contributed by atoms with van der Waals surface area (Å²) in [7, 11) is 0. The largest absolute Gasteiger partial charge is 0.298 e. The zero-order valence-electron chi connectivity index (χ0n) is 7.60. The topological polar surface area (TPSA) is 21.3 Å². The molecule has 2 atom stereocenters. The van der Waals surface area contributed by atoms with E-state index in [1.807, 2.05) is 0 Å². The van der Waals surface area contributed by atoms with E-state index in [1.165, 1.54) is 25.7 Å². The van der Waals surface area contributed by atoms with Gasteiger partial charge in [-0.15, -0.1) is 0 Å². The van der Waals surface area contributed by atoms with Gasteiger partial charge in [0.05, 0.1) is 6.10 Å². The molecular formula is C9H19NO. The lowest BCUT2D eigenvalue weighted by Gasteiger charge is -2.14. The van der Waals surface area contributed by atoms with Gasteiger partial charge in [-0.2, -0.15) is 0 Å². The number of hydroxylamine groups is 1. The molecule has 1 aliphatic heterocycles. The van der Waals surface area contributed by atoms with Crippen LogP contribution in [0.15, 0.2) is 0 Å². The first kappa shape index (κ1) is 9.01. The van der Waals surface area contributed by atoms with Crippen LogP contribution in [0, 0.1) is 5.92 Å². The van der Waals surface area contributed by atoms with Crippen molar-refractivity contribution in [2.75, 3.05) is 6.54 Å². The van der Waals surface area contributed by atoms with Gasteiger partial charge in [-0.25, -0.2) is 5.48 Å². The van der Waals surface area contributed by atoms with Crippen LogP contribution in [0.25, 0.3) is 0 Å². The molecule has 1 fully saturated rings. The lowest BCUT2D eigenvalue weighted by Crippen LogP contribution is -2.16. The van der Waals surface area contributed by atoms with Gasteiger partial charge in [0.25, 0.3) is 0 Å². The smallest absolute Gasteiger partial charge is 0.0831 e. The summed E-state index contributed by atoms with van der Waals surface area (Å²) in [5.74, 6) is 0.764. The molecule has 1 heterocycles. The molecule has 0 amide bonds. The Morgan fingerprint density at radius 2 is 2.00 bits per heavy atom. The highest BCUT2D eigenvalue weighted by Crippen LogP contribution is 2.21. The minimum Gasteiger partial charge on any atom is -0.298 e. The Labute approximate surface area is 69.3 Å². The first-order valence-electron chi connectivity index (χ1n) is 4.77. The van der Waals surface area contributed by atoms with E-state index in [4.69, 9.17) is 4.84 Å². The Hall–Kier alpha value is -0.0800. The maximum atomic E-state index is 5.41. The summed E-state index contributed by atoms with van der Waals surface area (Å²) in [6.07, 6.45) is 5.50. The van der Waals surface area contributed by atoms with Crippen molar-refractivity contribution in [2.24, 2.45) is 5.92 Å². The van der Waals surface area contributed by atoms with Crippen LogP contribution in [0.4, 0.5) is 0 Å². The molecule has 0 bridgehead atoms. The fourth-order valence-corrected chi connectivity index (χ4v) is 1.73. The summed E-state index contributed by atoms with van der Waals surface area (Å²) in [5, 5.41) is 0. The average molecular weight is 157 g/mol. The van der Waals surface area contributed by atoms with Crippen molar-refractivity contribution in [1.29, 1.82) is 0 Å². The van der Waals surface area contributed by atoms with Crippen LogP contribution in [0.5, 0.6) is 0 Å². The van der Waals surface area contributed by atoms with Crippen molar-refractivity contribution in [3.63, 3.8) is 0 Å². The summed E-state index contributed by atoms with van der Waals surface area (Å²) in [6, 6.07) is 0. The first-order valence-corrected chi connectivity index (χ1v) is 4.77. The van der Waals surface area contributed by atoms with E-state index >= 15 is 0 Å². The molecule has 0 radical (unpaired) electrons. The van der Waals surface area contributed by atoms with Crippen molar-refractivity contribution < 1.29 is 4.84 Å². The first-order chi connectivity index (χ1) is 5.38. The van der Waals surface area contributed by atoms with Crippen LogP contribution in [-0.4, -0.2) is 12.6 Å². The maximum Gasteiger partial charge on any atom is 0.0831 e. The van der Waals surface area contributed by atoms with Gasteiger partial charge in [0.1, 0.15) is 0 Å². The van der Waals surface area contributed by atoms with Crippen molar-refractivity contribution >= 4 is 0 Å². The van der Waals surface area contributed by atoms with Crippen LogP contribution in [-0.2, 0) is 4.84 Å². The van der Waals surface area contributed by atoms with Gasteiger partial charge in [0, 0.05) is 12.5 Å². The molecule has 2 nitrogen and oxygen atoms in total. The summed E-state index contributed by atoms with van der Waals surface area (Å²) < 4.78 is 0. The van der Waals surface area contributed by atoms with E-state index in [2.05, 4.69) is 19.3 Å². The second-order valence-corrected chi connectivity index (χ2v) is 3.34. The highest BCUT2D eigenvalue weighted by Gasteiger charge is 2.26. The number of rotatable bonds is 4. The van der Waals surface area contributed by atoms with Crippen LogP contribution in [0.2, 0.25) is 0 Å². The number of hydrogen-bond donors (Lipinski definition) is 1. The van der Waals surface area contributed by atoms with E-state index in [0.717, 1.165) is 12.5 Å². The molecule has 1 rings (SSSR count). The molecule has 2 unspecified atom stereocenters. The Morgan fingerprint density at radius 1 is 1.27 bits per heavy atom. The Balaban J connectivity index is 2.25. The summed E-state index contributed by atoms with van der Waals surface area (Å²) in [6.45, 7) is 5.50. The van der Waals surface area contributed by atoms with E-state index in [0.29, 0.717) is 6.10 Å². The standard InChI is InChI=1S/C9H19NO/c1-3-5-8-7-10-11-9(8)6-4-2/h8-10H,3-7H2,1-2H3. The van der Waals surface area contributed by atoms with Gasteiger partial charge in [0.2, 0.25) is 0 Å². The summed E-state index contributed by atoms with van der Waals surface area (Å²) >= 11 is 0. The Bertz CT molecular complexity index is 93.7. The Morgan fingerprint density at radius 3 is 2.64 bits per heavy atom. The molecule has 0 aromatic heterocycles. The third-order valence-corrected chi connectivity index (χ3v) is 2.34. The fourth-order valence-electron chi connectivity index (χ4n) is 1.73. The van der Waals surface area contributed by atoms with E-state index in [1.54, 1.807) is 0 Å². The van der Waals surface area contributed by atoms with Crippen LogP contribution in [0.3, 0.4) is 0 Å². The molecule has 0 aromatic carbocycles. The highest BCUT2D eigenvalue weighted by molar-refractivity contribution is 4.74. The lowest BCUT2D eigenvalue weighted by molar-refractivity contribution is 0.0169. The second kappa shape index (κ2) is 4.73. The van der Waals surface area contributed by atoms with Gasteiger partial charge in [-0.3, -0.25) is 4.84 Å². The van der Waals surface area contributed by atoms with E-state index in [-0.39, 0.29) is 0 Å². The van der Waals surface area contributed by atoms with Gasteiger partial charge in [-0.1, -0.05) is 26.7 Å². The van der Waals surface area contributed by atoms with Crippen LogP contribution < -0.4 is 5.48 Å². The van der Waals surface area contributed by atoms with Crippen molar-refractivity contribution in [3.8, 4) is 0 Å². The molecule has 0 aromatic rings. The molecular weight excluding hydrogens is 138 g/mol. The lowest BCUT2D eigenvalue weighted by atomic mass is 9.95. The molecule has 0 aliphatic carbocycles. The summed E-state index contributed by atoms with van der Waals surface area (Å²) in [4.78, 5) is 5.41. The fraction of sp³-hybridized carbons (Fsp3) is 1.00. The third-order valence-electron chi connectivity index (χ3n) is 2.34. The van der Waals surface area contributed by atoms with Crippen LogP contribution >= 0.6 is 0 Å². The Kier molecular flexibility index (Phi) is 3.87. The molecule has 66 valence electrons. The molecule has 1 aliphatic rings. The average Bonchev–Trinajstić information content (AvgIpc) is 2.39. The molecule has 2 heteroatoms. The summed E-state index contributed by atoms with van der Waals surface area (Å²) in [5.41, 5.74) is 2.99. The van der Waals surface area contributed by atoms with Gasteiger partial charge < -0.3 is 0 Å². The monoisotopic (exact) mass is 157 g/mol. The minimum absolute atomic E-state index is 0.486. The molecule has 11 heavy (non-hydrogen) atoms.